The summed E-state index contributed by atoms with van der Waals surface area (Å²) in [6, 6.07) is 9.47. The van der Waals surface area contributed by atoms with Crippen molar-refractivity contribution in [3.63, 3.8) is 0 Å². The summed E-state index contributed by atoms with van der Waals surface area (Å²) < 4.78 is 0.868. The van der Waals surface area contributed by atoms with E-state index in [-0.39, 0.29) is 5.75 Å². The quantitative estimate of drug-likeness (QED) is 0.789. The van der Waals surface area contributed by atoms with E-state index in [1.165, 1.54) is 0 Å². The molecule has 2 nitrogen and oxygen atoms in total. The maximum Gasteiger partial charge on any atom is 0.141 e. The van der Waals surface area contributed by atoms with Gasteiger partial charge in [0.1, 0.15) is 11.8 Å². The Labute approximate surface area is 95.9 Å². The van der Waals surface area contributed by atoms with Crippen LogP contribution in [0.4, 0.5) is 0 Å². The average Bonchev–Trinajstić information content (AvgIpc) is 2.27. The van der Waals surface area contributed by atoms with E-state index in [4.69, 9.17) is 5.26 Å². The molecule has 1 N–H and O–H groups in total. The molecule has 74 valence electrons. The van der Waals surface area contributed by atoms with E-state index in [1.807, 2.05) is 31.2 Å². The normalized spacial score (nSPS) is 10.2. The van der Waals surface area contributed by atoms with Gasteiger partial charge >= 0.3 is 0 Å². The first-order valence-corrected chi connectivity index (χ1v) is 5.26. The van der Waals surface area contributed by atoms with Crippen LogP contribution in [0.25, 0.3) is 10.8 Å². The SMILES string of the molecule is Cc1c(C#N)c(O)c2ccccc2c1Br. The second-order valence-electron chi connectivity index (χ2n) is 3.32. The highest BCUT2D eigenvalue weighted by atomic mass is 79.9. The number of halogens is 1. The van der Waals surface area contributed by atoms with Crippen molar-refractivity contribution >= 4 is 26.7 Å². The molecule has 3 heteroatoms. The van der Waals surface area contributed by atoms with Gasteiger partial charge in [-0.2, -0.15) is 5.26 Å². The lowest BCUT2D eigenvalue weighted by atomic mass is 10.0. The number of nitriles is 1. The first kappa shape index (κ1) is 10.0. The van der Waals surface area contributed by atoms with Crippen molar-refractivity contribution in [1.82, 2.24) is 0 Å². The molecule has 0 aromatic heterocycles. The molecule has 0 fully saturated rings. The molecule has 0 unspecified atom stereocenters. The van der Waals surface area contributed by atoms with Crippen molar-refractivity contribution in [2.45, 2.75) is 6.92 Å². The number of phenolic OH excluding ortho intramolecular Hbond substituents is 1. The highest BCUT2D eigenvalue weighted by molar-refractivity contribution is 9.10. The van der Waals surface area contributed by atoms with E-state index in [0.717, 1.165) is 15.4 Å². The molecule has 0 atom stereocenters. The molecule has 0 saturated carbocycles. The zero-order chi connectivity index (χ0) is 11.0. The predicted molar refractivity (Wildman–Crippen MR) is 62.8 cm³/mol. The number of phenols is 1. The minimum atomic E-state index is 0.0637. The van der Waals surface area contributed by atoms with Crippen LogP contribution in [0.15, 0.2) is 28.7 Å². The number of aromatic hydroxyl groups is 1. The van der Waals surface area contributed by atoms with E-state index in [1.54, 1.807) is 6.07 Å². The van der Waals surface area contributed by atoms with Crippen molar-refractivity contribution in [3.05, 3.63) is 39.9 Å². The smallest absolute Gasteiger partial charge is 0.141 e. The first-order chi connectivity index (χ1) is 7.16. The minimum absolute atomic E-state index is 0.0637. The van der Waals surface area contributed by atoms with Crippen molar-refractivity contribution in [2.24, 2.45) is 0 Å². The molecule has 0 aliphatic heterocycles. The lowest BCUT2D eigenvalue weighted by Crippen LogP contribution is -1.88. The second-order valence-corrected chi connectivity index (χ2v) is 4.11. The fourth-order valence-corrected chi connectivity index (χ4v) is 2.19. The third-order valence-electron chi connectivity index (χ3n) is 2.47. The van der Waals surface area contributed by atoms with E-state index < -0.39 is 0 Å². The summed E-state index contributed by atoms with van der Waals surface area (Å²) >= 11 is 3.44. The maximum absolute atomic E-state index is 9.91. The largest absolute Gasteiger partial charge is 0.506 e. The Morgan fingerprint density at radius 2 is 1.87 bits per heavy atom. The summed E-state index contributed by atoms with van der Waals surface area (Å²) in [6.07, 6.45) is 0. The topological polar surface area (TPSA) is 44.0 Å². The summed E-state index contributed by atoms with van der Waals surface area (Å²) in [4.78, 5) is 0. The Hall–Kier alpha value is -1.53. The molecule has 0 heterocycles. The molecular formula is C12H8BrNO. The first-order valence-electron chi connectivity index (χ1n) is 4.46. The molecule has 2 rings (SSSR count). The third kappa shape index (κ3) is 1.38. The van der Waals surface area contributed by atoms with Crippen LogP contribution < -0.4 is 0 Å². The number of rotatable bonds is 0. The Morgan fingerprint density at radius 3 is 2.47 bits per heavy atom. The third-order valence-corrected chi connectivity index (χ3v) is 3.49. The van der Waals surface area contributed by atoms with Crippen LogP contribution in [-0.2, 0) is 0 Å². The van der Waals surface area contributed by atoms with Gasteiger partial charge in [-0.05, 0) is 33.8 Å². The Balaban J connectivity index is 3.04. The van der Waals surface area contributed by atoms with Gasteiger partial charge in [-0.25, -0.2) is 0 Å². The number of fused-ring (bicyclic) bond motifs is 1. The van der Waals surface area contributed by atoms with Gasteiger partial charge in [0.05, 0.1) is 5.56 Å². The standard InChI is InChI=1S/C12H8BrNO/c1-7-10(6-14)12(15)9-5-3-2-4-8(9)11(7)13/h2-5,15H,1H3. The van der Waals surface area contributed by atoms with E-state index in [0.29, 0.717) is 10.9 Å². The van der Waals surface area contributed by atoms with Crippen molar-refractivity contribution in [3.8, 4) is 11.8 Å². The van der Waals surface area contributed by atoms with Gasteiger partial charge < -0.3 is 5.11 Å². The number of nitrogens with zero attached hydrogens (tertiary/aromatic N) is 1. The van der Waals surface area contributed by atoms with Crippen molar-refractivity contribution < 1.29 is 5.11 Å². The van der Waals surface area contributed by atoms with E-state index in [9.17, 15) is 5.11 Å². The highest BCUT2D eigenvalue weighted by Gasteiger charge is 2.13. The van der Waals surface area contributed by atoms with Gasteiger partial charge in [-0.3, -0.25) is 0 Å². The van der Waals surface area contributed by atoms with Crippen LogP contribution in [0, 0.1) is 18.3 Å². The van der Waals surface area contributed by atoms with E-state index in [2.05, 4.69) is 15.9 Å². The molecule has 0 aliphatic rings. The summed E-state index contributed by atoms with van der Waals surface area (Å²) in [7, 11) is 0. The molecular weight excluding hydrogens is 254 g/mol. The average molecular weight is 262 g/mol. The predicted octanol–water partition coefficient (Wildman–Crippen LogP) is 3.49. The number of hydrogen-bond acceptors (Lipinski definition) is 2. The number of benzene rings is 2. The number of hydrogen-bond donors (Lipinski definition) is 1. The van der Waals surface area contributed by atoms with Crippen LogP contribution in [0.1, 0.15) is 11.1 Å². The summed E-state index contributed by atoms with van der Waals surface area (Å²) in [5.41, 5.74) is 1.11. The lowest BCUT2D eigenvalue weighted by molar-refractivity contribution is 0.479. The molecule has 2 aromatic carbocycles. The zero-order valence-electron chi connectivity index (χ0n) is 8.08. The molecule has 15 heavy (non-hydrogen) atoms. The molecule has 0 bridgehead atoms. The van der Waals surface area contributed by atoms with Gasteiger partial charge in [-0.1, -0.05) is 24.3 Å². The van der Waals surface area contributed by atoms with Crippen LogP contribution >= 0.6 is 15.9 Å². The summed E-state index contributed by atoms with van der Waals surface area (Å²) in [6.45, 7) is 1.81. The highest BCUT2D eigenvalue weighted by Crippen LogP contribution is 2.37. The minimum Gasteiger partial charge on any atom is -0.506 e. The fraction of sp³-hybridized carbons (Fsp3) is 0.0833. The van der Waals surface area contributed by atoms with Crippen LogP contribution in [0.5, 0.6) is 5.75 Å². The van der Waals surface area contributed by atoms with Gasteiger partial charge in [-0.15, -0.1) is 0 Å². The van der Waals surface area contributed by atoms with Gasteiger partial charge in [0, 0.05) is 9.86 Å². The Morgan fingerprint density at radius 1 is 1.27 bits per heavy atom. The second kappa shape index (κ2) is 3.56. The summed E-state index contributed by atoms with van der Waals surface area (Å²) in [5.74, 6) is 0.0637. The monoisotopic (exact) mass is 261 g/mol. The van der Waals surface area contributed by atoms with Crippen LogP contribution in [0.2, 0.25) is 0 Å². The lowest BCUT2D eigenvalue weighted by Gasteiger charge is -2.09. The van der Waals surface area contributed by atoms with E-state index >= 15 is 0 Å². The zero-order valence-corrected chi connectivity index (χ0v) is 9.67. The van der Waals surface area contributed by atoms with Crippen LogP contribution in [0.3, 0.4) is 0 Å². The molecule has 2 aromatic rings. The van der Waals surface area contributed by atoms with Gasteiger partial charge in [0.2, 0.25) is 0 Å². The van der Waals surface area contributed by atoms with Gasteiger partial charge in [0.15, 0.2) is 0 Å². The maximum atomic E-state index is 9.91. The van der Waals surface area contributed by atoms with Crippen molar-refractivity contribution in [1.29, 1.82) is 5.26 Å². The van der Waals surface area contributed by atoms with Crippen molar-refractivity contribution in [2.75, 3.05) is 0 Å². The fourth-order valence-electron chi connectivity index (χ4n) is 1.64. The Bertz CT molecular complexity index is 584. The molecule has 0 radical (unpaired) electrons. The summed E-state index contributed by atoms with van der Waals surface area (Å²) in [5, 5.41) is 20.5. The molecule has 0 spiro atoms. The van der Waals surface area contributed by atoms with Gasteiger partial charge in [0.25, 0.3) is 0 Å². The van der Waals surface area contributed by atoms with Crippen LogP contribution in [-0.4, -0.2) is 5.11 Å². The molecule has 0 amide bonds. The Kier molecular flexibility index (Phi) is 2.37. The molecule has 0 saturated heterocycles. The molecule has 0 aliphatic carbocycles.